The van der Waals surface area contributed by atoms with Gasteiger partial charge in [0.15, 0.2) is 0 Å². The molecule has 0 fully saturated rings. The van der Waals surface area contributed by atoms with E-state index in [9.17, 15) is 19.7 Å². The van der Waals surface area contributed by atoms with E-state index < -0.39 is 22.8 Å². The molecular weight excluding hydrogens is 510 g/mol. The summed E-state index contributed by atoms with van der Waals surface area (Å²) in [5.41, 5.74) is 2.78. The first-order valence-corrected chi connectivity index (χ1v) is 13.4. The maximum atomic E-state index is 13.7. The van der Waals surface area contributed by atoms with Crippen molar-refractivity contribution in [2.45, 2.75) is 53.0 Å². The van der Waals surface area contributed by atoms with Crippen molar-refractivity contribution in [2.24, 2.45) is 5.41 Å². The Bertz CT molecular complexity index is 1300. The van der Waals surface area contributed by atoms with Gasteiger partial charge in [-0.3, -0.25) is 10.1 Å². The van der Waals surface area contributed by atoms with Crippen LogP contribution in [0.25, 0.3) is 0 Å². The summed E-state index contributed by atoms with van der Waals surface area (Å²) in [5.74, 6) is -2.07. The molecule has 0 aromatic heterocycles. The molecular formula is C31H39N3O6. The summed E-state index contributed by atoms with van der Waals surface area (Å²) in [6, 6.07) is 16.1. The van der Waals surface area contributed by atoms with E-state index >= 15 is 0 Å². The van der Waals surface area contributed by atoms with Crippen molar-refractivity contribution in [3.8, 4) is 0 Å². The minimum atomic E-state index is -0.883. The van der Waals surface area contributed by atoms with Gasteiger partial charge in [0.05, 0.1) is 35.7 Å². The minimum Gasteiger partial charge on any atom is -0.466 e. The van der Waals surface area contributed by atoms with E-state index in [0.717, 1.165) is 13.0 Å². The molecule has 1 unspecified atom stereocenters. The van der Waals surface area contributed by atoms with Gasteiger partial charge in [0.25, 0.3) is 5.69 Å². The topological polar surface area (TPSA) is 111 Å². The standard InChI is InChI=1S/C31H39N3O6/c1-7-12-25-28(29(35)39-6)27(23-15-11-16-24(17-23)34(37)38)26(21(2)32-25)30(36)40-20-31(3,4)19-33(5)18-22-13-9-8-10-14-22/h8-11,13-17,27,32H,7,12,18-20H2,1-6H3. The first kappa shape index (κ1) is 30.6. The van der Waals surface area contributed by atoms with Crippen LogP contribution >= 0.6 is 0 Å². The highest BCUT2D eigenvalue weighted by Crippen LogP contribution is 2.41. The lowest BCUT2D eigenvalue weighted by Crippen LogP contribution is -2.37. The molecule has 1 N–H and O–H groups in total. The molecule has 0 spiro atoms. The average Bonchev–Trinajstić information content (AvgIpc) is 2.91. The third kappa shape index (κ3) is 7.57. The van der Waals surface area contributed by atoms with E-state index in [4.69, 9.17) is 9.47 Å². The van der Waals surface area contributed by atoms with Gasteiger partial charge in [-0.1, -0.05) is 69.7 Å². The second kappa shape index (κ2) is 13.4. The number of hydrogen-bond acceptors (Lipinski definition) is 8. The smallest absolute Gasteiger partial charge is 0.336 e. The molecule has 2 aromatic rings. The molecule has 1 aliphatic heterocycles. The monoisotopic (exact) mass is 549 g/mol. The summed E-state index contributed by atoms with van der Waals surface area (Å²) in [7, 11) is 3.30. The SMILES string of the molecule is CCCC1=C(C(=O)OC)C(c2cccc([N+](=O)[O-])c2)C(C(=O)OCC(C)(C)CN(C)Cc2ccccc2)=C(C)N1. The maximum absolute atomic E-state index is 13.7. The predicted molar refractivity (Wildman–Crippen MR) is 153 cm³/mol. The third-order valence-electron chi connectivity index (χ3n) is 6.77. The van der Waals surface area contributed by atoms with Crippen LogP contribution in [0.15, 0.2) is 77.1 Å². The van der Waals surface area contributed by atoms with Crippen molar-refractivity contribution < 1.29 is 24.0 Å². The van der Waals surface area contributed by atoms with Crippen molar-refractivity contribution in [2.75, 3.05) is 27.3 Å². The Morgan fingerprint density at radius 1 is 1.07 bits per heavy atom. The van der Waals surface area contributed by atoms with Crippen LogP contribution in [0, 0.1) is 15.5 Å². The van der Waals surface area contributed by atoms with E-state index in [0.29, 0.717) is 29.9 Å². The van der Waals surface area contributed by atoms with E-state index in [1.54, 1.807) is 19.1 Å². The molecule has 0 saturated carbocycles. The van der Waals surface area contributed by atoms with E-state index in [1.807, 2.05) is 46.0 Å². The van der Waals surface area contributed by atoms with Gasteiger partial charge in [-0.2, -0.15) is 0 Å². The number of non-ortho nitro benzene ring substituents is 1. The molecule has 1 atom stereocenters. The molecule has 214 valence electrons. The second-order valence-electron chi connectivity index (χ2n) is 11.0. The Labute approximate surface area is 236 Å². The average molecular weight is 550 g/mol. The maximum Gasteiger partial charge on any atom is 0.336 e. The fraction of sp³-hybridized carbons (Fsp3) is 0.419. The number of rotatable bonds is 12. The fourth-order valence-electron chi connectivity index (χ4n) is 5.18. The van der Waals surface area contributed by atoms with Gasteiger partial charge in [-0.25, -0.2) is 9.59 Å². The van der Waals surface area contributed by atoms with Crippen molar-refractivity contribution in [3.05, 3.63) is 98.4 Å². The summed E-state index contributed by atoms with van der Waals surface area (Å²) in [6.45, 7) is 9.36. The van der Waals surface area contributed by atoms with Gasteiger partial charge in [0, 0.05) is 42.0 Å². The number of carbonyl (C=O) groups excluding carboxylic acids is 2. The third-order valence-corrected chi connectivity index (χ3v) is 6.77. The van der Waals surface area contributed by atoms with Crippen LogP contribution in [0.5, 0.6) is 0 Å². The number of ether oxygens (including phenoxy) is 2. The van der Waals surface area contributed by atoms with E-state index in [1.165, 1.54) is 24.8 Å². The first-order valence-electron chi connectivity index (χ1n) is 13.4. The highest BCUT2D eigenvalue weighted by atomic mass is 16.6. The summed E-state index contributed by atoms with van der Waals surface area (Å²) in [4.78, 5) is 40.0. The normalized spacial score (nSPS) is 15.6. The molecule has 0 saturated heterocycles. The number of nitro groups is 1. The predicted octanol–water partition coefficient (Wildman–Crippen LogP) is 5.48. The summed E-state index contributed by atoms with van der Waals surface area (Å²) in [5, 5.41) is 14.8. The summed E-state index contributed by atoms with van der Waals surface area (Å²) < 4.78 is 11.0. The Morgan fingerprint density at radius 2 is 1.77 bits per heavy atom. The number of allylic oxidation sites excluding steroid dienone is 2. The van der Waals surface area contributed by atoms with Crippen LogP contribution in [0.2, 0.25) is 0 Å². The summed E-state index contributed by atoms with van der Waals surface area (Å²) in [6.07, 6.45) is 1.28. The zero-order valence-corrected chi connectivity index (χ0v) is 24.2. The Balaban J connectivity index is 1.90. The zero-order valence-electron chi connectivity index (χ0n) is 24.2. The molecule has 9 heteroatoms. The van der Waals surface area contributed by atoms with Gasteiger partial charge >= 0.3 is 11.9 Å². The van der Waals surface area contributed by atoms with Crippen LogP contribution in [0.1, 0.15) is 57.6 Å². The van der Waals surface area contributed by atoms with Crippen molar-refractivity contribution in [1.82, 2.24) is 10.2 Å². The van der Waals surface area contributed by atoms with Gasteiger partial charge in [0.2, 0.25) is 0 Å². The number of nitro benzene ring substituents is 1. The van der Waals surface area contributed by atoms with Gasteiger partial charge in [0.1, 0.15) is 0 Å². The minimum absolute atomic E-state index is 0.134. The number of nitrogens with zero attached hydrogens (tertiary/aromatic N) is 2. The molecule has 2 aromatic carbocycles. The quantitative estimate of drug-likeness (QED) is 0.210. The van der Waals surface area contributed by atoms with Crippen LogP contribution in [-0.2, 0) is 25.6 Å². The lowest BCUT2D eigenvalue weighted by molar-refractivity contribution is -0.384. The van der Waals surface area contributed by atoms with Crippen molar-refractivity contribution in [3.63, 3.8) is 0 Å². The number of carbonyl (C=O) groups is 2. The summed E-state index contributed by atoms with van der Waals surface area (Å²) >= 11 is 0. The van der Waals surface area contributed by atoms with Gasteiger partial charge in [-0.15, -0.1) is 0 Å². The van der Waals surface area contributed by atoms with Crippen molar-refractivity contribution in [1.29, 1.82) is 0 Å². The molecule has 3 rings (SSSR count). The van der Waals surface area contributed by atoms with Crippen LogP contribution < -0.4 is 5.32 Å². The molecule has 0 bridgehead atoms. The number of methoxy groups -OCH3 is 1. The van der Waals surface area contributed by atoms with E-state index in [-0.39, 0.29) is 28.9 Å². The molecule has 40 heavy (non-hydrogen) atoms. The number of hydrogen-bond donors (Lipinski definition) is 1. The molecule has 1 heterocycles. The van der Waals surface area contributed by atoms with Gasteiger partial charge < -0.3 is 19.7 Å². The Kier molecular flexibility index (Phi) is 10.2. The molecule has 9 nitrogen and oxygen atoms in total. The number of nitrogens with one attached hydrogen (secondary N) is 1. The Morgan fingerprint density at radius 3 is 2.40 bits per heavy atom. The highest BCUT2D eigenvalue weighted by Gasteiger charge is 2.39. The van der Waals surface area contributed by atoms with E-state index in [2.05, 4.69) is 22.3 Å². The van der Waals surface area contributed by atoms with Crippen LogP contribution in [-0.4, -0.2) is 49.1 Å². The fourth-order valence-corrected chi connectivity index (χ4v) is 5.18. The Hall–Kier alpha value is -3.98. The second-order valence-corrected chi connectivity index (χ2v) is 11.0. The molecule has 0 aliphatic carbocycles. The number of dihydropyridines is 1. The molecule has 0 radical (unpaired) electrons. The van der Waals surface area contributed by atoms with Crippen LogP contribution in [0.3, 0.4) is 0 Å². The number of benzene rings is 2. The highest BCUT2D eigenvalue weighted by molar-refractivity contribution is 6.00. The van der Waals surface area contributed by atoms with Crippen molar-refractivity contribution >= 4 is 17.6 Å². The van der Waals surface area contributed by atoms with Gasteiger partial charge in [-0.05, 0) is 31.5 Å². The molecule has 1 aliphatic rings. The molecule has 0 amide bonds. The zero-order chi connectivity index (χ0) is 29.4. The largest absolute Gasteiger partial charge is 0.466 e. The first-order chi connectivity index (χ1) is 19.0. The lowest BCUT2D eigenvalue weighted by Gasteiger charge is -2.33. The lowest BCUT2D eigenvalue weighted by atomic mass is 9.79. The van der Waals surface area contributed by atoms with Crippen LogP contribution in [0.4, 0.5) is 5.69 Å². The number of esters is 2.